The largest absolute Gasteiger partial charge is 0.489 e. The number of thiazole rings is 1. The van der Waals surface area contributed by atoms with Crippen LogP contribution in [0.5, 0.6) is 5.75 Å². The fourth-order valence-electron chi connectivity index (χ4n) is 9.33. The second kappa shape index (κ2) is 20.6. The molecule has 0 radical (unpaired) electrons. The molecule has 7 aromatic rings. The summed E-state index contributed by atoms with van der Waals surface area (Å²) < 4.78 is 14.3. The first-order valence-electron chi connectivity index (χ1n) is 24.2. The van der Waals surface area contributed by atoms with Crippen LogP contribution in [0, 0.1) is 33.1 Å². The van der Waals surface area contributed by atoms with Crippen molar-refractivity contribution in [2.24, 2.45) is 10.4 Å². The molecule has 4 N–H and O–H groups in total. The maximum atomic E-state index is 14.4. The van der Waals surface area contributed by atoms with E-state index in [9.17, 15) is 24.3 Å². The Labute approximate surface area is 436 Å². The molecule has 9 rings (SSSR count). The van der Waals surface area contributed by atoms with E-state index in [1.165, 1.54) is 4.90 Å². The van der Waals surface area contributed by atoms with Crippen LogP contribution >= 0.6 is 34.3 Å². The fourth-order valence-corrected chi connectivity index (χ4v) is 11.5. The SMILES string of the molecule is Cc1ncsc1-c1ccc([C@H](C)NC(=O)[C@@H]2C[C@@H](O)CN2C(=O)[C@@H](NC(=O)c2cc3ccc(O[C@H](C)CNC(=O)C[C@@H]4N=C(c5ccc(Cl)cc5)c5c(sc(C)c5C)-n5c(C)nnc54)cc3o2)C(C)(C)C)cc1. The highest BCUT2D eigenvalue weighted by molar-refractivity contribution is 7.15. The molecule has 6 atom stereocenters. The number of aliphatic hydroxyl groups is 1. The van der Waals surface area contributed by atoms with Gasteiger partial charge < -0.3 is 35.1 Å². The maximum absolute atomic E-state index is 14.4. The lowest BCUT2D eigenvalue weighted by Gasteiger charge is -2.35. The van der Waals surface area contributed by atoms with Crippen LogP contribution in [0.15, 0.2) is 87.7 Å². The summed E-state index contributed by atoms with van der Waals surface area (Å²) in [5.74, 6) is -0.0566. The fraction of sp³-hybridized carbons (Fsp3) is 0.370. The van der Waals surface area contributed by atoms with Crippen LogP contribution in [0.25, 0.3) is 26.4 Å². The van der Waals surface area contributed by atoms with Gasteiger partial charge in [0.15, 0.2) is 11.6 Å². The van der Waals surface area contributed by atoms with E-state index in [4.69, 9.17) is 25.7 Å². The number of carbonyl (C=O) groups is 4. The van der Waals surface area contributed by atoms with Crippen molar-refractivity contribution in [3.63, 3.8) is 0 Å². The Bertz CT molecular complexity index is 3260. The summed E-state index contributed by atoms with van der Waals surface area (Å²) in [6.45, 7) is 17.3. The number of likely N-dealkylation sites (tertiary alicyclic amines) is 1. The predicted molar refractivity (Wildman–Crippen MR) is 283 cm³/mol. The number of furan rings is 1. The van der Waals surface area contributed by atoms with Crippen LogP contribution in [0.3, 0.4) is 0 Å². The molecule has 0 unspecified atom stereocenters. The third kappa shape index (κ3) is 10.7. The van der Waals surface area contributed by atoms with E-state index < -0.39 is 53.5 Å². The number of aromatic nitrogens is 4. The number of carbonyl (C=O) groups excluding carboxylic acids is 4. The first kappa shape index (κ1) is 51.2. The van der Waals surface area contributed by atoms with Gasteiger partial charge in [0, 0.05) is 45.4 Å². The molecule has 3 aromatic carbocycles. The average Bonchev–Trinajstić information content (AvgIpc) is 4.19. The first-order valence-corrected chi connectivity index (χ1v) is 26.2. The molecule has 4 aromatic heterocycles. The monoisotopic (exact) mass is 1040 g/mol. The number of halogens is 1. The number of rotatable bonds is 14. The quantitative estimate of drug-likeness (QED) is 0.0814. The number of nitrogens with zero attached hydrogens (tertiary/aromatic N) is 6. The summed E-state index contributed by atoms with van der Waals surface area (Å²) >= 11 is 9.48. The molecule has 380 valence electrons. The molecular formula is C54H58ClN9O7S2. The molecule has 2 aliphatic rings. The number of hydrogen-bond acceptors (Lipinski definition) is 13. The summed E-state index contributed by atoms with van der Waals surface area (Å²) in [5, 5.41) is 30.8. The second-order valence-corrected chi connectivity index (χ2v) is 22.4. The van der Waals surface area contributed by atoms with Gasteiger partial charge in [-0.3, -0.25) is 28.7 Å². The summed E-state index contributed by atoms with van der Waals surface area (Å²) in [7, 11) is 0. The van der Waals surface area contributed by atoms with Crippen LogP contribution in [-0.4, -0.2) is 96.5 Å². The highest BCUT2D eigenvalue weighted by Gasteiger charge is 2.45. The molecule has 16 nitrogen and oxygen atoms in total. The van der Waals surface area contributed by atoms with E-state index in [-0.39, 0.29) is 43.6 Å². The predicted octanol–water partition coefficient (Wildman–Crippen LogP) is 8.94. The highest BCUT2D eigenvalue weighted by atomic mass is 35.5. The van der Waals surface area contributed by atoms with Crippen molar-refractivity contribution in [1.29, 1.82) is 0 Å². The molecule has 4 amide bonds. The lowest BCUT2D eigenvalue weighted by molar-refractivity contribution is -0.142. The maximum Gasteiger partial charge on any atom is 0.287 e. The number of benzene rings is 3. The van der Waals surface area contributed by atoms with Gasteiger partial charge in [-0.05, 0) is 94.0 Å². The first-order chi connectivity index (χ1) is 34.7. The van der Waals surface area contributed by atoms with Crippen LogP contribution in [-0.2, 0) is 14.4 Å². The van der Waals surface area contributed by atoms with Gasteiger partial charge in [-0.2, -0.15) is 0 Å². The van der Waals surface area contributed by atoms with Gasteiger partial charge in [-0.25, -0.2) is 4.98 Å². The number of nitrogens with one attached hydrogen (secondary N) is 3. The Balaban J connectivity index is 0.828. The van der Waals surface area contributed by atoms with Crippen LogP contribution < -0.4 is 20.7 Å². The summed E-state index contributed by atoms with van der Waals surface area (Å²) in [5.41, 5.74) is 7.98. The lowest BCUT2D eigenvalue weighted by Crippen LogP contribution is -2.57. The molecule has 0 saturated carbocycles. The number of aliphatic imine (C=N–C) groups is 1. The number of fused-ring (bicyclic) bond motifs is 4. The van der Waals surface area contributed by atoms with E-state index in [2.05, 4.69) is 45.0 Å². The summed E-state index contributed by atoms with van der Waals surface area (Å²) in [6.07, 6.45) is -1.32. The third-order valence-electron chi connectivity index (χ3n) is 13.4. The zero-order valence-corrected chi connectivity index (χ0v) is 44.5. The van der Waals surface area contributed by atoms with E-state index in [0.717, 1.165) is 54.0 Å². The standard InChI is InChI=1S/C54H58ClN9O7S2/c1-27(24-56-44(66)23-40-49-62-61-32(6)64(49)53-45(28(2)31(5)73-53)46(59-40)34-14-17-37(55)18-15-34)70-39-19-16-36-20-43(71-42(36)22-39)51(68)60-48(54(7,8)9)52(69)63-25-38(65)21-41(63)50(67)58-29(3)33-10-12-35(13-11-33)47-30(4)57-26-72-47/h10-20,22,26-27,29,38,40-41,48,65H,21,23-25H2,1-9H3,(H,56,66)(H,58,67)(H,60,68)/t27-,29+,38-,40+,41+,48-/m1/s1. The molecule has 6 heterocycles. The molecule has 0 aliphatic carbocycles. The number of hydrogen-bond donors (Lipinski definition) is 4. The summed E-state index contributed by atoms with van der Waals surface area (Å²) in [6, 6.07) is 19.2. The molecule has 1 saturated heterocycles. The normalized spacial score (nSPS) is 17.8. The van der Waals surface area contributed by atoms with E-state index >= 15 is 0 Å². The Morgan fingerprint density at radius 2 is 1.67 bits per heavy atom. The molecule has 19 heteroatoms. The van der Waals surface area contributed by atoms with Gasteiger partial charge in [0.25, 0.3) is 5.91 Å². The van der Waals surface area contributed by atoms with E-state index in [0.29, 0.717) is 33.4 Å². The van der Waals surface area contributed by atoms with Gasteiger partial charge in [0.05, 0.1) is 46.9 Å². The molecule has 0 spiro atoms. The topological polar surface area (TPSA) is 206 Å². The van der Waals surface area contributed by atoms with E-state index in [1.54, 1.807) is 46.9 Å². The Morgan fingerprint density at radius 3 is 2.37 bits per heavy atom. The Morgan fingerprint density at radius 1 is 0.945 bits per heavy atom. The van der Waals surface area contributed by atoms with Gasteiger partial charge in [0.2, 0.25) is 17.7 Å². The van der Waals surface area contributed by atoms with Gasteiger partial charge in [-0.15, -0.1) is 32.9 Å². The summed E-state index contributed by atoms with van der Waals surface area (Å²) in [4.78, 5) is 68.9. The van der Waals surface area contributed by atoms with Crippen LogP contribution in [0.4, 0.5) is 0 Å². The number of ether oxygens (including phenoxy) is 1. The van der Waals surface area contributed by atoms with E-state index in [1.807, 2.05) is 107 Å². The van der Waals surface area contributed by atoms with Crippen molar-refractivity contribution >= 4 is 74.6 Å². The smallest absolute Gasteiger partial charge is 0.287 e. The number of β-amino-alcohol motifs (C(OH)–C–C–N with tert-alkyl or cyclic N) is 1. The van der Waals surface area contributed by atoms with Crippen LogP contribution in [0.1, 0.15) is 115 Å². The van der Waals surface area contributed by atoms with Crippen molar-refractivity contribution in [1.82, 2.24) is 40.6 Å². The minimum atomic E-state index is -1.08. The highest BCUT2D eigenvalue weighted by Crippen LogP contribution is 2.40. The molecule has 73 heavy (non-hydrogen) atoms. The van der Waals surface area contributed by atoms with Crippen LogP contribution in [0.2, 0.25) is 5.02 Å². The molecule has 2 aliphatic heterocycles. The van der Waals surface area contributed by atoms with Crippen molar-refractivity contribution in [3.8, 4) is 21.2 Å². The Kier molecular flexibility index (Phi) is 14.5. The minimum absolute atomic E-state index is 0.0137. The van der Waals surface area contributed by atoms with Gasteiger partial charge in [-0.1, -0.05) is 68.8 Å². The second-order valence-electron chi connectivity index (χ2n) is 19.9. The molecule has 1 fully saturated rings. The zero-order valence-electron chi connectivity index (χ0n) is 42.1. The van der Waals surface area contributed by atoms with Crippen molar-refractivity contribution < 1.29 is 33.4 Å². The average molecular weight is 1040 g/mol. The number of amides is 4. The number of aliphatic hydroxyl groups excluding tert-OH is 1. The third-order valence-corrected chi connectivity index (χ3v) is 15.8. The van der Waals surface area contributed by atoms with Crippen molar-refractivity contribution in [2.75, 3.05) is 13.1 Å². The van der Waals surface area contributed by atoms with Crippen molar-refractivity contribution in [2.45, 2.75) is 112 Å². The molecule has 0 bridgehead atoms. The lowest BCUT2D eigenvalue weighted by atomic mass is 9.85. The minimum Gasteiger partial charge on any atom is -0.489 e. The van der Waals surface area contributed by atoms with Gasteiger partial charge >= 0.3 is 0 Å². The van der Waals surface area contributed by atoms with Crippen molar-refractivity contribution in [3.05, 3.63) is 134 Å². The zero-order chi connectivity index (χ0) is 52.0. The number of thiophene rings is 1. The molecular weight excluding hydrogens is 986 g/mol. The number of aryl methyl sites for hydroxylation is 3. The van der Waals surface area contributed by atoms with Gasteiger partial charge in [0.1, 0.15) is 46.4 Å². The Hall–Kier alpha value is -6.73.